The molecule has 0 aromatic rings. The van der Waals surface area contributed by atoms with Gasteiger partial charge in [0.2, 0.25) is 5.91 Å². The fourth-order valence-electron chi connectivity index (χ4n) is 1.54. The second-order valence-corrected chi connectivity index (χ2v) is 3.91. The number of nitrogens with one attached hydrogen (secondary N) is 1. The molecule has 0 aliphatic carbocycles. The molecule has 86 valence electrons. The number of carbonyl (C=O) groups is 2. The van der Waals surface area contributed by atoms with Crippen LogP contribution in [0.3, 0.4) is 0 Å². The van der Waals surface area contributed by atoms with Gasteiger partial charge in [-0.3, -0.25) is 4.79 Å². The smallest absolute Gasteiger partial charge is 0.243 e. The standard InChI is InChI=1S/C12H21NO2/c1-4-11(8-10(3)9-14)6-7-13-12(15)5-2/h5,9-11H,2,4,6-8H2,1,3H3,(H,13,15)/t10-,11?/m0/s1. The summed E-state index contributed by atoms with van der Waals surface area (Å²) in [5, 5.41) is 2.74. The van der Waals surface area contributed by atoms with Crippen molar-refractivity contribution in [1.82, 2.24) is 5.32 Å². The van der Waals surface area contributed by atoms with E-state index in [1.54, 1.807) is 0 Å². The van der Waals surface area contributed by atoms with E-state index < -0.39 is 0 Å². The van der Waals surface area contributed by atoms with E-state index in [9.17, 15) is 9.59 Å². The van der Waals surface area contributed by atoms with Crippen molar-refractivity contribution in [3.05, 3.63) is 12.7 Å². The van der Waals surface area contributed by atoms with Gasteiger partial charge in [0.25, 0.3) is 0 Å². The minimum atomic E-state index is -0.131. The molecule has 0 heterocycles. The summed E-state index contributed by atoms with van der Waals surface area (Å²) in [4.78, 5) is 21.4. The molecule has 0 aliphatic heterocycles. The van der Waals surface area contributed by atoms with Crippen molar-refractivity contribution < 1.29 is 9.59 Å². The summed E-state index contributed by atoms with van der Waals surface area (Å²) in [6, 6.07) is 0. The molecule has 0 spiro atoms. The molecule has 3 nitrogen and oxygen atoms in total. The van der Waals surface area contributed by atoms with Gasteiger partial charge >= 0.3 is 0 Å². The molecule has 1 amide bonds. The summed E-state index contributed by atoms with van der Waals surface area (Å²) in [6.07, 6.45) is 5.14. The molecule has 0 bridgehead atoms. The van der Waals surface area contributed by atoms with E-state index in [-0.39, 0.29) is 11.8 Å². The SMILES string of the molecule is C=CC(=O)NCCC(CC)C[C@H](C)C=O. The summed E-state index contributed by atoms with van der Waals surface area (Å²) in [5.74, 6) is 0.494. The first kappa shape index (κ1) is 13.9. The molecule has 1 unspecified atom stereocenters. The zero-order valence-electron chi connectivity index (χ0n) is 9.66. The number of hydrogen-bond donors (Lipinski definition) is 1. The monoisotopic (exact) mass is 211 g/mol. The van der Waals surface area contributed by atoms with E-state index in [0.717, 1.165) is 25.5 Å². The Balaban J connectivity index is 3.74. The molecule has 0 radical (unpaired) electrons. The predicted molar refractivity (Wildman–Crippen MR) is 61.4 cm³/mol. The first-order chi connectivity index (χ1) is 7.13. The molecule has 0 rings (SSSR count). The normalized spacial score (nSPS) is 14.0. The van der Waals surface area contributed by atoms with Crippen molar-refractivity contribution in [1.29, 1.82) is 0 Å². The largest absolute Gasteiger partial charge is 0.353 e. The highest BCUT2D eigenvalue weighted by Gasteiger charge is 2.10. The third-order valence-electron chi connectivity index (χ3n) is 2.55. The van der Waals surface area contributed by atoms with Crippen LogP contribution in [0.15, 0.2) is 12.7 Å². The highest BCUT2D eigenvalue weighted by molar-refractivity contribution is 5.86. The van der Waals surface area contributed by atoms with Gasteiger partial charge in [-0.2, -0.15) is 0 Å². The Hall–Kier alpha value is -1.12. The van der Waals surface area contributed by atoms with Crippen LogP contribution in [0.4, 0.5) is 0 Å². The molecule has 3 heteroatoms. The third-order valence-corrected chi connectivity index (χ3v) is 2.55. The number of carbonyl (C=O) groups excluding carboxylic acids is 2. The van der Waals surface area contributed by atoms with Gasteiger partial charge < -0.3 is 10.1 Å². The maximum Gasteiger partial charge on any atom is 0.243 e. The molecular formula is C12H21NO2. The minimum absolute atomic E-state index is 0.116. The molecule has 2 atom stereocenters. The molecular weight excluding hydrogens is 190 g/mol. The minimum Gasteiger partial charge on any atom is -0.353 e. The lowest BCUT2D eigenvalue weighted by Gasteiger charge is -2.16. The van der Waals surface area contributed by atoms with Crippen LogP contribution >= 0.6 is 0 Å². The topological polar surface area (TPSA) is 46.2 Å². The molecule has 0 saturated carbocycles. The Labute approximate surface area is 91.9 Å². The van der Waals surface area contributed by atoms with Gasteiger partial charge in [-0.05, 0) is 24.8 Å². The third kappa shape index (κ3) is 6.89. The second-order valence-electron chi connectivity index (χ2n) is 3.91. The molecule has 0 saturated heterocycles. The van der Waals surface area contributed by atoms with Gasteiger partial charge in [-0.1, -0.05) is 26.8 Å². The Morgan fingerprint density at radius 2 is 2.20 bits per heavy atom. The van der Waals surface area contributed by atoms with E-state index in [1.807, 2.05) is 6.92 Å². The van der Waals surface area contributed by atoms with E-state index >= 15 is 0 Å². The molecule has 15 heavy (non-hydrogen) atoms. The van der Waals surface area contributed by atoms with E-state index in [0.29, 0.717) is 12.5 Å². The van der Waals surface area contributed by atoms with Gasteiger partial charge in [0.15, 0.2) is 0 Å². The lowest BCUT2D eigenvalue weighted by atomic mass is 9.92. The van der Waals surface area contributed by atoms with Crippen LogP contribution in [0.5, 0.6) is 0 Å². The fraction of sp³-hybridized carbons (Fsp3) is 0.667. The van der Waals surface area contributed by atoms with Crippen molar-refractivity contribution >= 4 is 12.2 Å². The molecule has 0 aromatic heterocycles. The van der Waals surface area contributed by atoms with Crippen LogP contribution < -0.4 is 5.32 Å². The van der Waals surface area contributed by atoms with Crippen molar-refractivity contribution in [2.24, 2.45) is 11.8 Å². The van der Waals surface area contributed by atoms with Crippen molar-refractivity contribution in [2.45, 2.75) is 33.1 Å². The van der Waals surface area contributed by atoms with Gasteiger partial charge in [-0.15, -0.1) is 0 Å². The summed E-state index contributed by atoms with van der Waals surface area (Å²) in [5.41, 5.74) is 0. The van der Waals surface area contributed by atoms with Crippen LogP contribution in [0, 0.1) is 11.8 Å². The number of hydrogen-bond acceptors (Lipinski definition) is 2. The second kappa shape index (κ2) is 8.21. The Bertz CT molecular complexity index is 214. The van der Waals surface area contributed by atoms with Gasteiger partial charge in [0, 0.05) is 12.5 Å². The Morgan fingerprint density at radius 3 is 2.67 bits per heavy atom. The van der Waals surface area contributed by atoms with Crippen molar-refractivity contribution in [3.8, 4) is 0 Å². The zero-order valence-corrected chi connectivity index (χ0v) is 9.66. The van der Waals surface area contributed by atoms with E-state index in [4.69, 9.17) is 0 Å². The van der Waals surface area contributed by atoms with Crippen LogP contribution in [0.1, 0.15) is 33.1 Å². The number of rotatable bonds is 8. The van der Waals surface area contributed by atoms with E-state index in [1.165, 1.54) is 6.08 Å². The highest BCUT2D eigenvalue weighted by Crippen LogP contribution is 2.17. The first-order valence-corrected chi connectivity index (χ1v) is 5.49. The lowest BCUT2D eigenvalue weighted by Crippen LogP contribution is -2.24. The number of amides is 1. The van der Waals surface area contributed by atoms with Crippen LogP contribution in [-0.4, -0.2) is 18.7 Å². The average molecular weight is 211 g/mol. The zero-order chi connectivity index (χ0) is 11.7. The summed E-state index contributed by atoms with van der Waals surface area (Å²) in [6.45, 7) is 8.08. The molecule has 1 N–H and O–H groups in total. The maximum atomic E-state index is 10.9. The van der Waals surface area contributed by atoms with Crippen LogP contribution in [-0.2, 0) is 9.59 Å². The fourth-order valence-corrected chi connectivity index (χ4v) is 1.54. The van der Waals surface area contributed by atoms with Gasteiger partial charge in [-0.25, -0.2) is 0 Å². The Kier molecular flexibility index (Phi) is 7.60. The molecule has 0 fully saturated rings. The van der Waals surface area contributed by atoms with Crippen LogP contribution in [0.25, 0.3) is 0 Å². The predicted octanol–water partition coefficient (Wildman–Crippen LogP) is 1.93. The number of aldehydes is 1. The van der Waals surface area contributed by atoms with Gasteiger partial charge in [0.05, 0.1) is 0 Å². The average Bonchev–Trinajstić information content (AvgIpc) is 2.26. The molecule has 0 aromatic carbocycles. The van der Waals surface area contributed by atoms with E-state index in [2.05, 4.69) is 18.8 Å². The first-order valence-electron chi connectivity index (χ1n) is 5.49. The summed E-state index contributed by atoms with van der Waals surface area (Å²) >= 11 is 0. The maximum absolute atomic E-state index is 10.9. The summed E-state index contributed by atoms with van der Waals surface area (Å²) < 4.78 is 0. The van der Waals surface area contributed by atoms with Crippen molar-refractivity contribution in [3.63, 3.8) is 0 Å². The van der Waals surface area contributed by atoms with Crippen LogP contribution in [0.2, 0.25) is 0 Å². The Morgan fingerprint density at radius 1 is 1.53 bits per heavy atom. The highest BCUT2D eigenvalue weighted by atomic mass is 16.1. The lowest BCUT2D eigenvalue weighted by molar-refractivity contribution is -0.116. The van der Waals surface area contributed by atoms with Gasteiger partial charge in [0.1, 0.15) is 6.29 Å². The quantitative estimate of drug-likeness (QED) is 0.492. The molecule has 0 aliphatic rings. The van der Waals surface area contributed by atoms with Crippen molar-refractivity contribution in [2.75, 3.05) is 6.54 Å². The summed E-state index contributed by atoms with van der Waals surface area (Å²) in [7, 11) is 0.